The summed E-state index contributed by atoms with van der Waals surface area (Å²) in [6.45, 7) is 4.79. The van der Waals surface area contributed by atoms with Crippen LogP contribution < -0.4 is 24.5 Å². The van der Waals surface area contributed by atoms with E-state index in [0.717, 1.165) is 12.5 Å². The minimum absolute atomic E-state index is 0.0666. The lowest BCUT2D eigenvalue weighted by Gasteiger charge is -2.26. The van der Waals surface area contributed by atoms with Crippen molar-refractivity contribution in [2.24, 2.45) is 0 Å². The van der Waals surface area contributed by atoms with Crippen LogP contribution in [0.15, 0.2) is 69.9 Å². The molecule has 7 nitrogen and oxygen atoms in total. The molecule has 8 heteroatoms. The Morgan fingerprint density at radius 3 is 2.57 bits per heavy atom. The van der Waals surface area contributed by atoms with Gasteiger partial charge in [0.05, 0.1) is 37.3 Å². The second-order valence-electron chi connectivity index (χ2n) is 8.58. The van der Waals surface area contributed by atoms with Crippen LogP contribution in [-0.4, -0.2) is 26.2 Å². The smallest absolute Gasteiger partial charge is 0.295 e. The average Bonchev–Trinajstić information content (AvgIpc) is 3.21. The van der Waals surface area contributed by atoms with Crippen molar-refractivity contribution >= 4 is 22.6 Å². The number of hydrogen-bond donors (Lipinski definition) is 0. The van der Waals surface area contributed by atoms with Gasteiger partial charge in [0, 0.05) is 11.8 Å². The van der Waals surface area contributed by atoms with Crippen LogP contribution in [0, 0.1) is 5.82 Å². The fourth-order valence-electron chi connectivity index (χ4n) is 4.58. The van der Waals surface area contributed by atoms with Gasteiger partial charge in [-0.25, -0.2) is 4.39 Å². The van der Waals surface area contributed by atoms with Crippen LogP contribution in [-0.2, 0) is 0 Å². The molecule has 190 valence electrons. The third-order valence-corrected chi connectivity index (χ3v) is 6.21. The van der Waals surface area contributed by atoms with E-state index in [4.69, 9.17) is 18.6 Å². The van der Waals surface area contributed by atoms with Crippen LogP contribution >= 0.6 is 0 Å². The normalized spacial score (nSPS) is 14.6. The van der Waals surface area contributed by atoms with Crippen LogP contribution in [0.2, 0.25) is 0 Å². The number of hydrogen-bond acceptors (Lipinski definition) is 6. The van der Waals surface area contributed by atoms with Gasteiger partial charge in [-0.2, -0.15) is 0 Å². The number of amides is 1. The first-order chi connectivity index (χ1) is 18.0. The first kappa shape index (κ1) is 24.4. The molecule has 0 saturated carbocycles. The van der Waals surface area contributed by atoms with E-state index in [9.17, 15) is 14.0 Å². The van der Waals surface area contributed by atoms with Gasteiger partial charge < -0.3 is 18.6 Å². The highest BCUT2D eigenvalue weighted by Crippen LogP contribution is 2.44. The molecule has 3 aromatic carbocycles. The first-order valence-corrected chi connectivity index (χ1v) is 12.1. The lowest BCUT2D eigenvalue weighted by atomic mass is 9.97. The van der Waals surface area contributed by atoms with Gasteiger partial charge in [0.1, 0.15) is 17.1 Å². The number of carbonyl (C=O) groups excluding carboxylic acids is 1. The van der Waals surface area contributed by atoms with E-state index in [0.29, 0.717) is 41.7 Å². The number of ether oxygens (including phenoxy) is 3. The molecule has 1 unspecified atom stereocenters. The molecule has 1 aliphatic heterocycles. The van der Waals surface area contributed by atoms with Gasteiger partial charge >= 0.3 is 0 Å². The zero-order valence-corrected chi connectivity index (χ0v) is 20.7. The van der Waals surface area contributed by atoms with E-state index in [1.807, 2.05) is 13.8 Å². The number of rotatable bonds is 8. The summed E-state index contributed by atoms with van der Waals surface area (Å²) in [7, 11) is 1.53. The molecule has 5 rings (SSSR count). The number of methoxy groups -OCH3 is 1. The van der Waals surface area contributed by atoms with E-state index in [1.54, 1.807) is 42.5 Å². The largest absolute Gasteiger partial charge is 0.497 e. The van der Waals surface area contributed by atoms with Crippen molar-refractivity contribution in [1.29, 1.82) is 0 Å². The molecule has 1 atom stereocenters. The molecule has 0 bridgehead atoms. The number of fused-ring (bicyclic) bond motifs is 2. The minimum Gasteiger partial charge on any atom is -0.497 e. The standard InChI is InChI=1S/C29H26FNO6/c1-4-13-36-23-11-9-17(14-24(23)35-5-2)26-25-27(32)21-15-18(30)10-12-22(21)37-28(25)29(33)31(26)19-7-6-8-20(16-19)34-3/h6-12,14-16,26H,4-5,13H2,1-3H3. The average molecular weight is 504 g/mol. The molecule has 0 saturated heterocycles. The molecule has 1 amide bonds. The van der Waals surface area contributed by atoms with Crippen molar-refractivity contribution in [2.75, 3.05) is 25.2 Å². The highest BCUT2D eigenvalue weighted by molar-refractivity contribution is 6.10. The van der Waals surface area contributed by atoms with E-state index < -0.39 is 23.2 Å². The SMILES string of the molecule is CCCOc1ccc(C2c3c(oc4ccc(F)cc4c3=O)C(=O)N2c2cccc(OC)c2)cc1OCC. The Morgan fingerprint density at radius 2 is 1.81 bits per heavy atom. The Labute approximate surface area is 213 Å². The van der Waals surface area contributed by atoms with Crippen LogP contribution in [0.25, 0.3) is 11.0 Å². The van der Waals surface area contributed by atoms with E-state index >= 15 is 0 Å². The predicted octanol–water partition coefficient (Wildman–Crippen LogP) is 5.88. The van der Waals surface area contributed by atoms with Gasteiger partial charge in [-0.1, -0.05) is 19.1 Å². The van der Waals surface area contributed by atoms with Gasteiger partial charge in [-0.05, 0) is 61.4 Å². The van der Waals surface area contributed by atoms with E-state index in [1.165, 1.54) is 24.1 Å². The minimum atomic E-state index is -0.849. The Morgan fingerprint density at radius 1 is 0.973 bits per heavy atom. The monoisotopic (exact) mass is 503 g/mol. The summed E-state index contributed by atoms with van der Waals surface area (Å²) in [6, 6.07) is 15.2. The Balaban J connectivity index is 1.76. The number of benzene rings is 3. The van der Waals surface area contributed by atoms with Gasteiger partial charge in [0.15, 0.2) is 16.9 Å². The maximum absolute atomic E-state index is 14.1. The summed E-state index contributed by atoms with van der Waals surface area (Å²) >= 11 is 0. The summed E-state index contributed by atoms with van der Waals surface area (Å²) in [5, 5.41) is 0.0666. The van der Waals surface area contributed by atoms with E-state index in [2.05, 4.69) is 0 Å². The molecular formula is C29H26FNO6. The fourth-order valence-corrected chi connectivity index (χ4v) is 4.58. The highest BCUT2D eigenvalue weighted by atomic mass is 19.1. The van der Waals surface area contributed by atoms with Crippen LogP contribution in [0.1, 0.15) is 48.0 Å². The Hall–Kier alpha value is -4.33. The van der Waals surface area contributed by atoms with Gasteiger partial charge in [-0.15, -0.1) is 0 Å². The summed E-state index contributed by atoms with van der Waals surface area (Å²) in [5.74, 6) is 0.474. The highest BCUT2D eigenvalue weighted by Gasteiger charge is 2.44. The molecule has 0 spiro atoms. The van der Waals surface area contributed by atoms with Gasteiger partial charge in [0.25, 0.3) is 5.91 Å². The first-order valence-electron chi connectivity index (χ1n) is 12.1. The summed E-state index contributed by atoms with van der Waals surface area (Å²) in [4.78, 5) is 29.0. The Kier molecular flexibility index (Phi) is 6.56. The zero-order chi connectivity index (χ0) is 26.1. The molecule has 0 N–H and O–H groups in total. The van der Waals surface area contributed by atoms with Crippen molar-refractivity contribution < 1.29 is 27.8 Å². The van der Waals surface area contributed by atoms with Crippen molar-refractivity contribution in [1.82, 2.24) is 0 Å². The summed E-state index contributed by atoms with van der Waals surface area (Å²) < 4.78 is 37.0. The number of nitrogens with zero attached hydrogens (tertiary/aromatic N) is 1. The molecule has 0 aliphatic carbocycles. The van der Waals surface area contributed by atoms with Crippen LogP contribution in [0.3, 0.4) is 0 Å². The molecule has 4 aromatic rings. The lowest BCUT2D eigenvalue weighted by Crippen LogP contribution is -2.29. The van der Waals surface area contributed by atoms with Crippen LogP contribution in [0.5, 0.6) is 17.2 Å². The van der Waals surface area contributed by atoms with E-state index in [-0.39, 0.29) is 22.3 Å². The molecular weight excluding hydrogens is 477 g/mol. The third-order valence-electron chi connectivity index (χ3n) is 6.21. The van der Waals surface area contributed by atoms with Crippen molar-refractivity contribution in [3.63, 3.8) is 0 Å². The molecule has 37 heavy (non-hydrogen) atoms. The van der Waals surface area contributed by atoms with Gasteiger partial charge in [-0.3, -0.25) is 14.5 Å². The maximum atomic E-state index is 14.1. The van der Waals surface area contributed by atoms with Crippen molar-refractivity contribution in [3.8, 4) is 17.2 Å². The second-order valence-corrected chi connectivity index (χ2v) is 8.58. The summed E-state index contributed by atoms with van der Waals surface area (Å²) in [6.07, 6.45) is 0.826. The second kappa shape index (κ2) is 9.97. The number of anilines is 1. The number of halogens is 1. The molecule has 1 aliphatic rings. The molecule has 0 fully saturated rings. The fraction of sp³-hybridized carbons (Fsp3) is 0.241. The molecule has 1 aromatic heterocycles. The maximum Gasteiger partial charge on any atom is 0.295 e. The zero-order valence-electron chi connectivity index (χ0n) is 20.7. The van der Waals surface area contributed by atoms with Gasteiger partial charge in [0.2, 0.25) is 5.76 Å². The quantitative estimate of drug-likeness (QED) is 0.299. The molecule has 2 heterocycles. The lowest BCUT2D eigenvalue weighted by molar-refractivity contribution is 0.0971. The third kappa shape index (κ3) is 4.28. The topological polar surface area (TPSA) is 78.2 Å². The summed E-state index contributed by atoms with van der Waals surface area (Å²) in [5.41, 5.74) is 0.937. The van der Waals surface area contributed by atoms with Crippen LogP contribution in [0.4, 0.5) is 10.1 Å². The Bertz CT molecular complexity index is 1550. The van der Waals surface area contributed by atoms with Crippen molar-refractivity contribution in [2.45, 2.75) is 26.3 Å². The number of carbonyl (C=O) groups is 1. The predicted molar refractivity (Wildman–Crippen MR) is 137 cm³/mol. The molecule has 0 radical (unpaired) electrons. The van der Waals surface area contributed by atoms with Crippen molar-refractivity contribution in [3.05, 3.63) is 93.6 Å².